The Morgan fingerprint density at radius 1 is 1.50 bits per heavy atom. The van der Waals surface area contributed by atoms with Crippen LogP contribution in [0.15, 0.2) is 0 Å². The monoisotopic (exact) mass is 276 g/mol. The van der Waals surface area contributed by atoms with Gasteiger partial charge in [0.1, 0.15) is 0 Å². The van der Waals surface area contributed by atoms with Crippen LogP contribution < -0.4 is 11.1 Å². The van der Waals surface area contributed by atoms with Gasteiger partial charge < -0.3 is 16.2 Å². The van der Waals surface area contributed by atoms with Crippen molar-refractivity contribution in [2.24, 2.45) is 11.7 Å². The van der Waals surface area contributed by atoms with E-state index in [2.05, 4.69) is 12.2 Å². The predicted molar refractivity (Wildman–Crippen MR) is 78.7 cm³/mol. The smallest absolute Gasteiger partial charge is 0.220 e. The standard InChI is InChI=1S/C13H28N2O2S/c1-4-11(7-8-14)5-6-12(16)15-9-13(2,17)10-18-3/h11,17H,4-10,14H2,1-3H3,(H,15,16). The Hall–Kier alpha value is -0.260. The summed E-state index contributed by atoms with van der Waals surface area (Å²) in [6.07, 6.45) is 5.38. The van der Waals surface area contributed by atoms with Gasteiger partial charge in [-0.25, -0.2) is 0 Å². The van der Waals surface area contributed by atoms with Gasteiger partial charge in [-0.05, 0) is 38.5 Å². The molecule has 5 heteroatoms. The number of amides is 1. The van der Waals surface area contributed by atoms with Crippen molar-refractivity contribution in [2.75, 3.05) is 25.1 Å². The molecule has 0 bridgehead atoms. The van der Waals surface area contributed by atoms with Crippen molar-refractivity contribution in [1.82, 2.24) is 5.32 Å². The second-order valence-electron chi connectivity index (χ2n) is 5.10. The molecule has 0 heterocycles. The third-order valence-corrected chi connectivity index (χ3v) is 3.96. The molecule has 4 N–H and O–H groups in total. The van der Waals surface area contributed by atoms with E-state index in [0.717, 1.165) is 19.3 Å². The molecular formula is C13H28N2O2S. The van der Waals surface area contributed by atoms with E-state index in [1.165, 1.54) is 0 Å². The van der Waals surface area contributed by atoms with Crippen molar-refractivity contribution in [2.45, 2.75) is 45.1 Å². The molecule has 0 saturated carbocycles. The van der Waals surface area contributed by atoms with E-state index >= 15 is 0 Å². The number of rotatable bonds is 10. The highest BCUT2D eigenvalue weighted by Gasteiger charge is 2.20. The minimum absolute atomic E-state index is 0.0202. The van der Waals surface area contributed by atoms with Gasteiger partial charge in [0, 0.05) is 18.7 Å². The normalized spacial score (nSPS) is 16.1. The molecule has 0 aromatic heterocycles. The molecule has 0 spiro atoms. The summed E-state index contributed by atoms with van der Waals surface area (Å²) < 4.78 is 0. The van der Waals surface area contributed by atoms with Crippen LogP contribution in [0.1, 0.15) is 39.5 Å². The predicted octanol–water partition coefficient (Wildman–Crippen LogP) is 1.37. The van der Waals surface area contributed by atoms with Crippen molar-refractivity contribution < 1.29 is 9.90 Å². The maximum Gasteiger partial charge on any atom is 0.220 e. The first kappa shape index (κ1) is 17.7. The van der Waals surface area contributed by atoms with Crippen LogP contribution in [0.25, 0.3) is 0 Å². The summed E-state index contributed by atoms with van der Waals surface area (Å²) in [5.74, 6) is 1.18. The molecule has 0 aromatic rings. The van der Waals surface area contributed by atoms with Crippen molar-refractivity contribution in [3.05, 3.63) is 0 Å². The molecule has 2 atom stereocenters. The molecule has 0 rings (SSSR count). The minimum Gasteiger partial charge on any atom is -0.387 e. The maximum atomic E-state index is 11.7. The van der Waals surface area contributed by atoms with E-state index in [-0.39, 0.29) is 5.91 Å². The largest absolute Gasteiger partial charge is 0.387 e. The van der Waals surface area contributed by atoms with E-state index in [9.17, 15) is 9.90 Å². The molecular weight excluding hydrogens is 248 g/mol. The Morgan fingerprint density at radius 3 is 2.67 bits per heavy atom. The van der Waals surface area contributed by atoms with Crippen molar-refractivity contribution in [1.29, 1.82) is 0 Å². The molecule has 2 unspecified atom stereocenters. The highest BCUT2D eigenvalue weighted by Crippen LogP contribution is 2.14. The van der Waals surface area contributed by atoms with Gasteiger partial charge in [-0.3, -0.25) is 4.79 Å². The highest BCUT2D eigenvalue weighted by atomic mass is 32.2. The number of hydrogen-bond donors (Lipinski definition) is 3. The van der Waals surface area contributed by atoms with E-state index in [4.69, 9.17) is 5.73 Å². The lowest BCUT2D eigenvalue weighted by Crippen LogP contribution is -2.42. The second-order valence-corrected chi connectivity index (χ2v) is 5.96. The van der Waals surface area contributed by atoms with Gasteiger partial charge in [0.15, 0.2) is 0 Å². The Balaban J connectivity index is 3.83. The summed E-state index contributed by atoms with van der Waals surface area (Å²) in [5, 5.41) is 12.7. The number of hydrogen-bond acceptors (Lipinski definition) is 4. The lowest BCUT2D eigenvalue weighted by Gasteiger charge is -2.22. The summed E-state index contributed by atoms with van der Waals surface area (Å²) in [4.78, 5) is 11.7. The van der Waals surface area contributed by atoms with Gasteiger partial charge in [-0.15, -0.1) is 0 Å². The number of nitrogens with one attached hydrogen (secondary N) is 1. The number of aliphatic hydroxyl groups is 1. The zero-order valence-corrected chi connectivity index (χ0v) is 12.7. The first-order chi connectivity index (χ1) is 8.45. The third kappa shape index (κ3) is 8.78. The molecule has 0 aromatic carbocycles. The van der Waals surface area contributed by atoms with Gasteiger partial charge >= 0.3 is 0 Å². The fourth-order valence-corrected chi connectivity index (χ4v) is 2.59. The van der Waals surface area contributed by atoms with Crippen LogP contribution in [0.5, 0.6) is 0 Å². The van der Waals surface area contributed by atoms with Crippen LogP contribution in [0.4, 0.5) is 0 Å². The molecule has 1 amide bonds. The fourth-order valence-electron chi connectivity index (χ4n) is 1.86. The fraction of sp³-hybridized carbons (Fsp3) is 0.923. The average Bonchev–Trinajstić information content (AvgIpc) is 2.32. The van der Waals surface area contributed by atoms with Crippen LogP contribution in [-0.2, 0) is 4.79 Å². The quantitative estimate of drug-likeness (QED) is 0.563. The first-order valence-corrected chi connectivity index (χ1v) is 8.02. The minimum atomic E-state index is -0.823. The molecule has 18 heavy (non-hydrogen) atoms. The molecule has 108 valence electrons. The van der Waals surface area contributed by atoms with Crippen molar-refractivity contribution in [3.8, 4) is 0 Å². The Labute approximate surface area is 115 Å². The second kappa shape index (κ2) is 9.64. The molecule has 4 nitrogen and oxygen atoms in total. The van der Waals surface area contributed by atoms with E-state index < -0.39 is 5.60 Å². The lowest BCUT2D eigenvalue weighted by molar-refractivity contribution is -0.122. The number of nitrogens with two attached hydrogens (primary N) is 1. The van der Waals surface area contributed by atoms with Gasteiger partial charge in [-0.2, -0.15) is 11.8 Å². The van der Waals surface area contributed by atoms with Crippen LogP contribution in [0.3, 0.4) is 0 Å². The molecule has 0 aliphatic rings. The molecule has 0 radical (unpaired) electrons. The Morgan fingerprint density at radius 2 is 2.17 bits per heavy atom. The third-order valence-electron chi connectivity index (χ3n) is 3.05. The zero-order valence-electron chi connectivity index (χ0n) is 11.9. The maximum absolute atomic E-state index is 11.7. The Bertz CT molecular complexity index is 235. The molecule has 0 aliphatic carbocycles. The van der Waals surface area contributed by atoms with Gasteiger partial charge in [0.25, 0.3) is 0 Å². The summed E-state index contributed by atoms with van der Waals surface area (Å²) in [6.45, 7) is 4.87. The number of carbonyl (C=O) groups is 1. The van der Waals surface area contributed by atoms with E-state index in [1.54, 1.807) is 18.7 Å². The first-order valence-electron chi connectivity index (χ1n) is 6.63. The van der Waals surface area contributed by atoms with Crippen molar-refractivity contribution in [3.63, 3.8) is 0 Å². The van der Waals surface area contributed by atoms with Crippen LogP contribution in [-0.4, -0.2) is 41.7 Å². The summed E-state index contributed by atoms with van der Waals surface area (Å²) in [5.41, 5.74) is 4.70. The number of carbonyl (C=O) groups excluding carboxylic acids is 1. The molecule has 0 saturated heterocycles. The summed E-state index contributed by atoms with van der Waals surface area (Å²) in [7, 11) is 0. The lowest BCUT2D eigenvalue weighted by atomic mass is 9.96. The Kier molecular flexibility index (Phi) is 9.50. The summed E-state index contributed by atoms with van der Waals surface area (Å²) >= 11 is 1.57. The topological polar surface area (TPSA) is 75.4 Å². The van der Waals surface area contributed by atoms with Gasteiger partial charge in [0.05, 0.1) is 5.60 Å². The van der Waals surface area contributed by atoms with Crippen LogP contribution in [0.2, 0.25) is 0 Å². The highest BCUT2D eigenvalue weighted by molar-refractivity contribution is 7.98. The van der Waals surface area contributed by atoms with Gasteiger partial charge in [-0.1, -0.05) is 13.3 Å². The molecule has 0 fully saturated rings. The van der Waals surface area contributed by atoms with Crippen LogP contribution in [0, 0.1) is 5.92 Å². The SMILES string of the molecule is CCC(CCN)CCC(=O)NCC(C)(O)CSC. The number of thioether (sulfide) groups is 1. The van der Waals surface area contributed by atoms with Gasteiger partial charge in [0.2, 0.25) is 5.91 Å². The van der Waals surface area contributed by atoms with Crippen molar-refractivity contribution >= 4 is 17.7 Å². The van der Waals surface area contributed by atoms with E-state index in [1.807, 2.05) is 6.26 Å². The van der Waals surface area contributed by atoms with E-state index in [0.29, 0.717) is 31.2 Å². The van der Waals surface area contributed by atoms with Crippen LogP contribution >= 0.6 is 11.8 Å². The summed E-state index contributed by atoms with van der Waals surface area (Å²) in [6, 6.07) is 0. The zero-order chi connectivity index (χ0) is 14.0. The average molecular weight is 276 g/mol. The molecule has 0 aliphatic heterocycles.